The molecule has 2 aliphatic heterocycles. The maximum atomic E-state index is 5.43. The van der Waals surface area contributed by atoms with Crippen LogP contribution in [-0.2, 0) is 0 Å². The van der Waals surface area contributed by atoms with Gasteiger partial charge in [0.05, 0.1) is 17.5 Å². The Bertz CT molecular complexity index is 3390. The standard InChI is InChI=1S/C36H35N3.C28H25NS.C6H14.2C2H6/c1-7-39-32-18-17-31(34-22(2)11-10-12-23(34)3)38-36(32)30(29-16-15-27-13-8-9-14-28(27)20-29)21-33(39)35-24(4)19-25(5)37-26(35)6;1-4-22(17-21(3)23-9-6-5-7-10-23)24-11-8-12-25(18-24)26-14-13-20(2)27(19-26)28-29-15-16-30-28;1-3-5-6-4-2;2*1-2/h8-21,32H,7H2,1-6H3;4-6,8-9,11-19H,1,3,7,10H2,2H3;3-6H2,1-2H3;2*1-2H3/b;22-17+;;;. The summed E-state index contributed by atoms with van der Waals surface area (Å²) in [6, 6.07) is 39.3. The fourth-order valence-electron chi connectivity index (χ4n) is 10.5. The molecule has 0 radical (unpaired) electrons. The van der Waals surface area contributed by atoms with Gasteiger partial charge in [0.1, 0.15) is 5.01 Å². The van der Waals surface area contributed by atoms with Gasteiger partial charge in [-0.1, -0.05) is 196 Å². The first-order chi connectivity index (χ1) is 38.4. The van der Waals surface area contributed by atoms with Gasteiger partial charge < -0.3 is 4.90 Å². The molecule has 3 aliphatic rings. The summed E-state index contributed by atoms with van der Waals surface area (Å²) in [5, 5.41) is 5.56. The summed E-state index contributed by atoms with van der Waals surface area (Å²) in [5.74, 6) is 0. The van der Waals surface area contributed by atoms with Crippen LogP contribution in [0.2, 0.25) is 0 Å². The van der Waals surface area contributed by atoms with E-state index in [0.717, 1.165) is 63.9 Å². The van der Waals surface area contributed by atoms with Crippen LogP contribution in [-0.4, -0.2) is 33.2 Å². The minimum Gasteiger partial charge on any atom is -0.359 e. The Balaban J connectivity index is 0.000000224. The zero-order valence-electron chi connectivity index (χ0n) is 49.8. The summed E-state index contributed by atoms with van der Waals surface area (Å²) in [7, 11) is 0. The first kappa shape index (κ1) is 60.8. The van der Waals surface area contributed by atoms with E-state index in [1.807, 2.05) is 45.3 Å². The van der Waals surface area contributed by atoms with E-state index in [1.165, 1.54) is 109 Å². The molecular formula is C74H86N4S. The molecule has 0 amide bonds. The molecule has 10 rings (SSSR count). The third-order valence-corrected chi connectivity index (χ3v) is 15.2. The average Bonchev–Trinajstić information content (AvgIpc) is 4.09. The number of pyridine rings is 1. The maximum absolute atomic E-state index is 5.43. The lowest BCUT2D eigenvalue weighted by molar-refractivity contribution is 0.382. The Morgan fingerprint density at radius 3 is 2.06 bits per heavy atom. The Hall–Kier alpha value is -7.47. The first-order valence-corrected chi connectivity index (χ1v) is 29.8. The minimum atomic E-state index is 0.0460. The molecule has 1 unspecified atom stereocenters. The topological polar surface area (TPSA) is 41.4 Å². The van der Waals surface area contributed by atoms with Gasteiger partial charge in [0.25, 0.3) is 0 Å². The summed E-state index contributed by atoms with van der Waals surface area (Å²) in [5.41, 5.74) is 23.4. The van der Waals surface area contributed by atoms with Crippen LogP contribution in [0.1, 0.15) is 143 Å². The molecule has 0 fully saturated rings. The zero-order valence-corrected chi connectivity index (χ0v) is 50.6. The van der Waals surface area contributed by atoms with Crippen LogP contribution in [0.4, 0.5) is 0 Å². The lowest BCUT2D eigenvalue weighted by Gasteiger charge is -2.40. The van der Waals surface area contributed by atoms with Crippen molar-refractivity contribution in [1.82, 2.24) is 14.9 Å². The average molecular weight is 1060 g/mol. The van der Waals surface area contributed by atoms with Crippen molar-refractivity contribution < 1.29 is 0 Å². The third-order valence-electron chi connectivity index (χ3n) is 14.4. The summed E-state index contributed by atoms with van der Waals surface area (Å²) < 4.78 is 0. The Kier molecular flexibility index (Phi) is 23.1. The molecule has 1 aliphatic carbocycles. The van der Waals surface area contributed by atoms with Gasteiger partial charge in [-0.2, -0.15) is 0 Å². The molecule has 2 aromatic heterocycles. The number of hydrogen-bond donors (Lipinski definition) is 0. The summed E-state index contributed by atoms with van der Waals surface area (Å²) in [6.07, 6.45) is 27.0. The molecular weight excluding hydrogens is 977 g/mol. The SMILES string of the molecule is C=C/C(=C\C(=C)C1=CC=CCC1)c1cccc(-c2ccc(C)c(-c3nccs3)c2)c1.CC.CC.CCCCCC.CCN1C(c2c(C)cc(C)nc2C)=CC(c2ccc3ccccc3c2)=C2N=C(c3c(C)cccc3C)C=CC21. The highest BCUT2D eigenvalue weighted by Gasteiger charge is 2.33. The van der Waals surface area contributed by atoms with E-state index in [0.29, 0.717) is 0 Å². The molecule has 79 heavy (non-hydrogen) atoms. The van der Waals surface area contributed by atoms with Gasteiger partial charge >= 0.3 is 0 Å². The van der Waals surface area contributed by atoms with E-state index in [2.05, 4.69) is 237 Å². The molecule has 4 nitrogen and oxygen atoms in total. The van der Waals surface area contributed by atoms with Crippen molar-refractivity contribution in [3.63, 3.8) is 0 Å². The quantitative estimate of drug-likeness (QED) is 0.0854. The second-order valence-corrected chi connectivity index (χ2v) is 20.8. The van der Waals surface area contributed by atoms with E-state index in [-0.39, 0.29) is 6.04 Å². The Morgan fingerprint density at radius 2 is 1.42 bits per heavy atom. The summed E-state index contributed by atoms with van der Waals surface area (Å²) in [6.45, 7) is 36.8. The first-order valence-electron chi connectivity index (χ1n) is 28.9. The summed E-state index contributed by atoms with van der Waals surface area (Å²) in [4.78, 5) is 17.3. The largest absolute Gasteiger partial charge is 0.359 e. The number of aliphatic imine (C=N–C) groups is 1. The molecule has 0 N–H and O–H groups in total. The number of unbranched alkanes of at least 4 members (excludes halogenated alkanes) is 3. The number of nitrogens with zero attached hydrogens (tertiary/aromatic N) is 4. The number of thiazole rings is 1. The van der Waals surface area contributed by atoms with Gasteiger partial charge in [-0.05, 0) is 176 Å². The van der Waals surface area contributed by atoms with E-state index >= 15 is 0 Å². The van der Waals surface area contributed by atoms with Gasteiger partial charge in [-0.3, -0.25) is 4.98 Å². The normalized spacial score (nSPS) is 14.4. The van der Waals surface area contributed by atoms with Crippen molar-refractivity contribution >= 4 is 44.7 Å². The second-order valence-electron chi connectivity index (χ2n) is 19.9. The van der Waals surface area contributed by atoms with Crippen molar-refractivity contribution in [2.24, 2.45) is 4.99 Å². The summed E-state index contributed by atoms with van der Waals surface area (Å²) >= 11 is 1.67. The molecule has 408 valence electrons. The number of dihydropyridines is 1. The predicted molar refractivity (Wildman–Crippen MR) is 349 cm³/mol. The highest BCUT2D eigenvalue weighted by Crippen LogP contribution is 2.42. The van der Waals surface area contributed by atoms with Crippen molar-refractivity contribution in [2.45, 2.75) is 135 Å². The fourth-order valence-corrected chi connectivity index (χ4v) is 11.3. The van der Waals surface area contributed by atoms with Gasteiger partial charge in [0.2, 0.25) is 0 Å². The van der Waals surface area contributed by atoms with E-state index in [9.17, 15) is 0 Å². The van der Waals surface area contributed by atoms with Gasteiger partial charge in [0, 0.05) is 57.5 Å². The van der Waals surface area contributed by atoms with Crippen molar-refractivity contribution in [2.75, 3.05) is 6.54 Å². The molecule has 0 bridgehead atoms. The number of aryl methyl sites for hydroxylation is 6. The van der Waals surface area contributed by atoms with Crippen LogP contribution in [0.5, 0.6) is 0 Å². The molecule has 5 aromatic carbocycles. The minimum absolute atomic E-state index is 0.0460. The Labute approximate surface area is 479 Å². The smallest absolute Gasteiger partial charge is 0.123 e. The van der Waals surface area contributed by atoms with Crippen molar-refractivity contribution in [3.05, 3.63) is 255 Å². The number of hydrogen-bond acceptors (Lipinski definition) is 5. The number of aromatic nitrogens is 2. The third kappa shape index (κ3) is 15.0. The van der Waals surface area contributed by atoms with Crippen LogP contribution < -0.4 is 0 Å². The molecule has 7 aromatic rings. The lowest BCUT2D eigenvalue weighted by atomic mass is 9.87. The van der Waals surface area contributed by atoms with Crippen molar-refractivity contribution in [1.29, 1.82) is 0 Å². The van der Waals surface area contributed by atoms with E-state index in [1.54, 1.807) is 11.3 Å². The molecule has 0 spiro atoms. The molecule has 5 heteroatoms. The monoisotopic (exact) mass is 1060 g/mol. The molecule has 0 saturated heterocycles. The second kappa shape index (κ2) is 30.0. The molecule has 1 atom stereocenters. The van der Waals surface area contributed by atoms with E-state index < -0.39 is 0 Å². The number of benzene rings is 5. The number of fused-ring (bicyclic) bond motifs is 2. The molecule has 0 saturated carbocycles. The Morgan fingerprint density at radius 1 is 0.722 bits per heavy atom. The van der Waals surface area contributed by atoms with E-state index in [4.69, 9.17) is 9.98 Å². The number of likely N-dealkylation sites (N-methyl/N-ethyl adjacent to an activating group) is 1. The lowest BCUT2D eigenvalue weighted by Crippen LogP contribution is -2.38. The number of allylic oxidation sites excluding steroid dienone is 11. The van der Waals surface area contributed by atoms with Crippen LogP contribution in [0, 0.1) is 41.5 Å². The number of rotatable bonds is 13. The van der Waals surface area contributed by atoms with Crippen molar-refractivity contribution in [3.8, 4) is 21.7 Å². The van der Waals surface area contributed by atoms with Gasteiger partial charge in [0.15, 0.2) is 0 Å². The van der Waals surface area contributed by atoms with Crippen LogP contribution in [0.3, 0.4) is 0 Å². The highest BCUT2D eigenvalue weighted by molar-refractivity contribution is 7.13. The highest BCUT2D eigenvalue weighted by atomic mass is 32.1. The van der Waals surface area contributed by atoms with Crippen LogP contribution in [0.15, 0.2) is 204 Å². The van der Waals surface area contributed by atoms with Crippen LogP contribution >= 0.6 is 11.3 Å². The fraction of sp³-hybridized carbons (Fsp3) is 0.284. The maximum Gasteiger partial charge on any atom is 0.123 e. The van der Waals surface area contributed by atoms with Gasteiger partial charge in [-0.25, -0.2) is 9.98 Å². The predicted octanol–water partition coefficient (Wildman–Crippen LogP) is 21.1. The van der Waals surface area contributed by atoms with Gasteiger partial charge in [-0.15, -0.1) is 11.3 Å². The zero-order chi connectivity index (χ0) is 57.0. The molecule has 4 heterocycles. The van der Waals surface area contributed by atoms with Crippen LogP contribution in [0.25, 0.3) is 49.3 Å².